The Balaban J connectivity index is 1.33. The first-order valence-electron chi connectivity index (χ1n) is 8.63. The number of piperidine rings is 1. The van der Waals surface area contributed by atoms with Crippen molar-refractivity contribution in [3.8, 4) is 11.4 Å². The van der Waals surface area contributed by atoms with E-state index in [1.165, 1.54) is 0 Å². The standard InChI is InChI=1S/C17H20N8O/c26-17(25-9-1-2-13(11-25)15-19-7-8-20-15)21-10-14-22-16(24-23-14)12-3-5-18-6-4-12/h3-8,13H,1-2,9-11H2,(H,19,20)(H,21,26)(H,22,23,24)/t13-/m0/s1. The van der Waals surface area contributed by atoms with Crippen molar-refractivity contribution in [3.05, 3.63) is 48.6 Å². The second kappa shape index (κ2) is 7.34. The molecule has 2 amide bonds. The number of hydrogen-bond acceptors (Lipinski definition) is 5. The van der Waals surface area contributed by atoms with Crippen LogP contribution in [0.2, 0.25) is 0 Å². The van der Waals surface area contributed by atoms with Crippen molar-refractivity contribution in [1.29, 1.82) is 0 Å². The van der Waals surface area contributed by atoms with Gasteiger partial charge in [-0.25, -0.2) is 14.8 Å². The number of rotatable bonds is 4. The number of aromatic nitrogens is 6. The van der Waals surface area contributed by atoms with Crippen LogP contribution < -0.4 is 5.32 Å². The number of carbonyl (C=O) groups is 1. The third-order valence-corrected chi connectivity index (χ3v) is 4.49. The highest BCUT2D eigenvalue weighted by atomic mass is 16.2. The lowest BCUT2D eigenvalue weighted by atomic mass is 9.98. The first kappa shape index (κ1) is 16.2. The van der Waals surface area contributed by atoms with Crippen LogP contribution in [0.3, 0.4) is 0 Å². The van der Waals surface area contributed by atoms with E-state index in [1.807, 2.05) is 23.2 Å². The van der Waals surface area contributed by atoms with Gasteiger partial charge in [0.2, 0.25) is 0 Å². The van der Waals surface area contributed by atoms with Crippen molar-refractivity contribution in [2.75, 3.05) is 13.1 Å². The Labute approximate surface area is 150 Å². The summed E-state index contributed by atoms with van der Waals surface area (Å²) in [4.78, 5) is 30.2. The van der Waals surface area contributed by atoms with Crippen molar-refractivity contribution in [2.24, 2.45) is 0 Å². The fourth-order valence-corrected chi connectivity index (χ4v) is 3.16. The summed E-state index contributed by atoms with van der Waals surface area (Å²) in [6.45, 7) is 1.72. The fourth-order valence-electron chi connectivity index (χ4n) is 3.16. The van der Waals surface area contributed by atoms with Crippen LogP contribution in [0.1, 0.15) is 30.4 Å². The molecule has 26 heavy (non-hydrogen) atoms. The van der Waals surface area contributed by atoms with Gasteiger partial charge in [0, 0.05) is 49.4 Å². The maximum Gasteiger partial charge on any atom is 0.317 e. The van der Waals surface area contributed by atoms with Gasteiger partial charge in [-0.1, -0.05) is 0 Å². The maximum atomic E-state index is 12.5. The summed E-state index contributed by atoms with van der Waals surface area (Å²) in [5, 5.41) is 9.96. The van der Waals surface area contributed by atoms with Gasteiger partial charge in [0.25, 0.3) is 0 Å². The van der Waals surface area contributed by atoms with Gasteiger partial charge in [0.1, 0.15) is 11.6 Å². The topological polar surface area (TPSA) is 115 Å². The number of pyridine rings is 1. The molecule has 9 heteroatoms. The van der Waals surface area contributed by atoms with Gasteiger partial charge in [-0.3, -0.25) is 10.1 Å². The van der Waals surface area contributed by atoms with Crippen LogP contribution in [0.25, 0.3) is 11.4 Å². The largest absolute Gasteiger partial charge is 0.348 e. The number of nitrogens with zero attached hydrogens (tertiary/aromatic N) is 5. The summed E-state index contributed by atoms with van der Waals surface area (Å²) >= 11 is 0. The minimum atomic E-state index is -0.0943. The number of nitrogens with one attached hydrogen (secondary N) is 3. The van der Waals surface area contributed by atoms with E-state index >= 15 is 0 Å². The highest BCUT2D eigenvalue weighted by Gasteiger charge is 2.26. The van der Waals surface area contributed by atoms with E-state index < -0.39 is 0 Å². The number of aromatic amines is 2. The molecule has 9 nitrogen and oxygen atoms in total. The van der Waals surface area contributed by atoms with Gasteiger partial charge < -0.3 is 15.2 Å². The number of likely N-dealkylation sites (tertiary alicyclic amines) is 1. The van der Waals surface area contributed by atoms with Crippen molar-refractivity contribution >= 4 is 6.03 Å². The van der Waals surface area contributed by atoms with Crippen LogP contribution >= 0.6 is 0 Å². The van der Waals surface area contributed by atoms with Gasteiger partial charge in [0.05, 0.1) is 6.54 Å². The maximum absolute atomic E-state index is 12.5. The minimum absolute atomic E-state index is 0.0943. The van der Waals surface area contributed by atoms with E-state index in [4.69, 9.17) is 0 Å². The second-order valence-corrected chi connectivity index (χ2v) is 6.26. The summed E-state index contributed by atoms with van der Waals surface area (Å²) in [5.74, 6) is 2.41. The van der Waals surface area contributed by atoms with Gasteiger partial charge >= 0.3 is 6.03 Å². The Kier molecular flexibility index (Phi) is 4.59. The second-order valence-electron chi connectivity index (χ2n) is 6.26. The molecule has 3 aromatic heterocycles. The van der Waals surface area contributed by atoms with Crippen molar-refractivity contribution < 1.29 is 4.79 Å². The fraction of sp³-hybridized carbons (Fsp3) is 0.353. The molecular formula is C17H20N8O. The molecule has 1 aliphatic rings. The zero-order chi connectivity index (χ0) is 17.8. The minimum Gasteiger partial charge on any atom is -0.348 e. The Morgan fingerprint density at radius 2 is 2.19 bits per heavy atom. The van der Waals surface area contributed by atoms with Gasteiger partial charge in [-0.05, 0) is 25.0 Å². The number of amides is 2. The average molecular weight is 352 g/mol. The summed E-state index contributed by atoms with van der Waals surface area (Å²) in [6, 6.07) is 3.59. The molecule has 3 aromatic rings. The third-order valence-electron chi connectivity index (χ3n) is 4.49. The van der Waals surface area contributed by atoms with Crippen LogP contribution in [0.15, 0.2) is 36.9 Å². The number of imidazole rings is 1. The predicted molar refractivity (Wildman–Crippen MR) is 94.0 cm³/mol. The molecule has 0 radical (unpaired) electrons. The molecule has 0 unspecified atom stereocenters. The van der Waals surface area contributed by atoms with Crippen LogP contribution in [0.4, 0.5) is 4.79 Å². The average Bonchev–Trinajstić information content (AvgIpc) is 3.39. The SMILES string of the molecule is O=C(NCc1nc(-c2ccncc2)n[nH]1)N1CCC[C@H](c2ncc[nH]2)C1. The van der Waals surface area contributed by atoms with Crippen LogP contribution in [0, 0.1) is 0 Å². The Bertz CT molecular complexity index is 845. The van der Waals surface area contributed by atoms with E-state index in [9.17, 15) is 4.79 Å². The summed E-state index contributed by atoms with van der Waals surface area (Å²) < 4.78 is 0. The number of urea groups is 1. The molecule has 3 N–H and O–H groups in total. The molecule has 1 aliphatic heterocycles. The molecule has 4 rings (SSSR count). The zero-order valence-corrected chi connectivity index (χ0v) is 14.2. The van der Waals surface area contributed by atoms with E-state index in [1.54, 1.807) is 18.6 Å². The monoisotopic (exact) mass is 352 g/mol. The van der Waals surface area contributed by atoms with E-state index in [0.717, 1.165) is 30.8 Å². The Morgan fingerprint density at radius 3 is 3.00 bits per heavy atom. The first-order valence-corrected chi connectivity index (χ1v) is 8.63. The van der Waals surface area contributed by atoms with Gasteiger partial charge in [-0.15, -0.1) is 0 Å². The summed E-state index contributed by atoms with van der Waals surface area (Å²) in [6.07, 6.45) is 8.96. The summed E-state index contributed by atoms with van der Waals surface area (Å²) in [7, 11) is 0. The first-order chi connectivity index (χ1) is 12.8. The number of carbonyl (C=O) groups excluding carboxylic acids is 1. The van der Waals surface area contributed by atoms with Gasteiger partial charge in [-0.2, -0.15) is 5.10 Å². The molecular weight excluding hydrogens is 332 g/mol. The highest BCUT2D eigenvalue weighted by molar-refractivity contribution is 5.74. The molecule has 0 spiro atoms. The molecule has 0 bridgehead atoms. The molecule has 1 atom stereocenters. The third kappa shape index (κ3) is 3.56. The number of hydrogen-bond donors (Lipinski definition) is 3. The molecule has 134 valence electrons. The van der Waals surface area contributed by atoms with Gasteiger partial charge in [0.15, 0.2) is 5.82 Å². The highest BCUT2D eigenvalue weighted by Crippen LogP contribution is 2.24. The van der Waals surface area contributed by atoms with E-state index in [2.05, 4.69) is 35.5 Å². The van der Waals surface area contributed by atoms with Crippen molar-refractivity contribution in [2.45, 2.75) is 25.3 Å². The van der Waals surface area contributed by atoms with Crippen LogP contribution in [-0.2, 0) is 6.54 Å². The lowest BCUT2D eigenvalue weighted by Crippen LogP contribution is -2.45. The van der Waals surface area contributed by atoms with Crippen molar-refractivity contribution in [3.63, 3.8) is 0 Å². The lowest BCUT2D eigenvalue weighted by molar-refractivity contribution is 0.178. The van der Waals surface area contributed by atoms with E-state index in [0.29, 0.717) is 24.7 Å². The molecule has 0 aliphatic carbocycles. The zero-order valence-electron chi connectivity index (χ0n) is 14.2. The van der Waals surface area contributed by atoms with Crippen LogP contribution in [0.5, 0.6) is 0 Å². The molecule has 1 fully saturated rings. The Morgan fingerprint density at radius 1 is 1.31 bits per heavy atom. The molecule has 4 heterocycles. The molecule has 0 aromatic carbocycles. The molecule has 1 saturated heterocycles. The van der Waals surface area contributed by atoms with E-state index in [-0.39, 0.29) is 11.9 Å². The quantitative estimate of drug-likeness (QED) is 0.661. The van der Waals surface area contributed by atoms with Crippen molar-refractivity contribution in [1.82, 2.24) is 40.3 Å². The predicted octanol–water partition coefficient (Wildman–Crippen LogP) is 1.68. The normalized spacial score (nSPS) is 17.2. The lowest BCUT2D eigenvalue weighted by Gasteiger charge is -2.31. The Hall–Kier alpha value is -3.23. The number of H-pyrrole nitrogens is 2. The summed E-state index contributed by atoms with van der Waals surface area (Å²) in [5.41, 5.74) is 0.881. The van der Waals surface area contributed by atoms with Crippen LogP contribution in [-0.4, -0.2) is 54.2 Å². The smallest absolute Gasteiger partial charge is 0.317 e. The molecule has 0 saturated carbocycles.